The molecule has 0 aliphatic carbocycles. The summed E-state index contributed by atoms with van der Waals surface area (Å²) in [5, 5.41) is 0. The van der Waals surface area contributed by atoms with E-state index in [0.717, 1.165) is 18.5 Å². The second-order valence-corrected chi connectivity index (χ2v) is 8.89. The SMILES string of the molecule is CCCCN(C)C(=O)c1cc(S(=O)(=O)N(CC)CC)ccc1N1CCOCC1. The fourth-order valence-electron chi connectivity index (χ4n) is 3.34. The molecule has 1 fully saturated rings. The predicted molar refractivity (Wildman–Crippen MR) is 111 cm³/mol. The lowest BCUT2D eigenvalue weighted by Crippen LogP contribution is -2.38. The van der Waals surface area contributed by atoms with Crippen LogP contribution in [-0.4, -0.2) is 76.5 Å². The number of unbranched alkanes of at least 4 members (excludes halogenated alkanes) is 1. The van der Waals surface area contributed by atoms with Gasteiger partial charge >= 0.3 is 0 Å². The van der Waals surface area contributed by atoms with Crippen LogP contribution in [-0.2, 0) is 14.8 Å². The molecule has 1 heterocycles. The molecule has 28 heavy (non-hydrogen) atoms. The van der Waals surface area contributed by atoms with E-state index in [1.165, 1.54) is 4.31 Å². The molecule has 0 saturated carbocycles. The molecule has 0 N–H and O–H groups in total. The molecule has 1 aromatic carbocycles. The van der Waals surface area contributed by atoms with Crippen LogP contribution in [0.3, 0.4) is 0 Å². The summed E-state index contributed by atoms with van der Waals surface area (Å²) < 4.78 is 32.8. The molecule has 1 aromatic rings. The Kier molecular flexibility index (Phi) is 8.27. The average molecular weight is 412 g/mol. The number of sulfonamides is 1. The summed E-state index contributed by atoms with van der Waals surface area (Å²) in [7, 11) is -1.86. The van der Waals surface area contributed by atoms with Crippen LogP contribution in [0.5, 0.6) is 0 Å². The Balaban J connectivity index is 2.48. The third-order valence-corrected chi connectivity index (χ3v) is 7.13. The number of ether oxygens (including phenoxy) is 1. The van der Waals surface area contributed by atoms with E-state index in [0.29, 0.717) is 51.5 Å². The Morgan fingerprint density at radius 2 is 1.79 bits per heavy atom. The van der Waals surface area contributed by atoms with Crippen molar-refractivity contribution in [3.8, 4) is 0 Å². The number of nitrogens with zero attached hydrogens (tertiary/aromatic N) is 3. The van der Waals surface area contributed by atoms with Crippen molar-refractivity contribution < 1.29 is 17.9 Å². The number of carbonyl (C=O) groups is 1. The molecule has 158 valence electrons. The van der Waals surface area contributed by atoms with Crippen LogP contribution in [0.2, 0.25) is 0 Å². The molecule has 0 spiro atoms. The number of hydrogen-bond donors (Lipinski definition) is 0. The molecule has 1 amide bonds. The highest BCUT2D eigenvalue weighted by atomic mass is 32.2. The number of carbonyl (C=O) groups excluding carboxylic acids is 1. The van der Waals surface area contributed by atoms with Gasteiger partial charge in [0.1, 0.15) is 0 Å². The first-order chi connectivity index (χ1) is 13.4. The molecule has 0 aromatic heterocycles. The summed E-state index contributed by atoms with van der Waals surface area (Å²) in [6.45, 7) is 9.69. The van der Waals surface area contributed by atoms with Crippen molar-refractivity contribution in [2.75, 3.05) is 57.9 Å². The fraction of sp³-hybridized carbons (Fsp3) is 0.650. The van der Waals surface area contributed by atoms with Gasteiger partial charge in [-0.3, -0.25) is 4.79 Å². The van der Waals surface area contributed by atoms with Crippen molar-refractivity contribution in [3.05, 3.63) is 23.8 Å². The van der Waals surface area contributed by atoms with E-state index in [1.807, 2.05) is 13.8 Å². The number of rotatable bonds is 9. The molecule has 2 rings (SSSR count). The predicted octanol–water partition coefficient (Wildman–Crippen LogP) is 2.43. The number of morpholine rings is 1. The second-order valence-electron chi connectivity index (χ2n) is 6.95. The van der Waals surface area contributed by atoms with Crippen LogP contribution >= 0.6 is 0 Å². The summed E-state index contributed by atoms with van der Waals surface area (Å²) in [6, 6.07) is 4.92. The average Bonchev–Trinajstić information content (AvgIpc) is 2.72. The van der Waals surface area contributed by atoms with Crippen molar-refractivity contribution >= 4 is 21.6 Å². The number of benzene rings is 1. The highest BCUT2D eigenvalue weighted by Crippen LogP contribution is 2.28. The summed E-state index contributed by atoms with van der Waals surface area (Å²) in [5.74, 6) is -0.147. The van der Waals surface area contributed by atoms with Crippen molar-refractivity contribution in [1.29, 1.82) is 0 Å². The summed E-state index contributed by atoms with van der Waals surface area (Å²) >= 11 is 0. The fourth-order valence-corrected chi connectivity index (χ4v) is 4.83. The van der Waals surface area contributed by atoms with Crippen LogP contribution in [0, 0.1) is 0 Å². The largest absolute Gasteiger partial charge is 0.378 e. The number of hydrogen-bond acceptors (Lipinski definition) is 5. The minimum absolute atomic E-state index is 0.147. The molecule has 0 atom stereocenters. The maximum absolute atomic E-state index is 13.2. The third-order valence-electron chi connectivity index (χ3n) is 5.09. The molecule has 8 heteroatoms. The van der Waals surface area contributed by atoms with Crippen LogP contribution in [0.1, 0.15) is 44.0 Å². The van der Waals surface area contributed by atoms with E-state index >= 15 is 0 Å². The summed E-state index contributed by atoms with van der Waals surface area (Å²) in [6.07, 6.45) is 1.90. The maximum Gasteiger partial charge on any atom is 0.255 e. The third kappa shape index (κ3) is 5.04. The minimum atomic E-state index is -3.63. The van der Waals surface area contributed by atoms with Gasteiger partial charge < -0.3 is 14.5 Å². The van der Waals surface area contributed by atoms with Crippen LogP contribution in [0.4, 0.5) is 5.69 Å². The molecule has 0 unspecified atom stereocenters. The summed E-state index contributed by atoms with van der Waals surface area (Å²) in [5.41, 5.74) is 1.21. The molecule has 1 aliphatic rings. The summed E-state index contributed by atoms with van der Waals surface area (Å²) in [4.78, 5) is 17.1. The first-order valence-electron chi connectivity index (χ1n) is 10.1. The van der Waals surface area contributed by atoms with Gasteiger partial charge in [0.15, 0.2) is 0 Å². The topological polar surface area (TPSA) is 70.2 Å². The van der Waals surface area contributed by atoms with Gasteiger partial charge in [-0.05, 0) is 24.6 Å². The molecule has 7 nitrogen and oxygen atoms in total. The van der Waals surface area contributed by atoms with E-state index < -0.39 is 10.0 Å². The van der Waals surface area contributed by atoms with Crippen molar-refractivity contribution in [2.24, 2.45) is 0 Å². The molecule has 1 aliphatic heterocycles. The van der Waals surface area contributed by atoms with E-state index in [1.54, 1.807) is 30.1 Å². The van der Waals surface area contributed by atoms with Gasteiger partial charge in [-0.1, -0.05) is 27.2 Å². The van der Waals surface area contributed by atoms with Gasteiger partial charge in [0.2, 0.25) is 10.0 Å². The molecule has 0 radical (unpaired) electrons. The van der Waals surface area contributed by atoms with Crippen molar-refractivity contribution in [2.45, 2.75) is 38.5 Å². The Labute approximate surface area is 169 Å². The van der Waals surface area contributed by atoms with E-state index in [9.17, 15) is 13.2 Å². The standard InChI is InChI=1S/C20H33N3O4S/c1-5-8-11-21(4)20(24)18-16-17(28(25,26)23(6-2)7-3)9-10-19(18)22-12-14-27-15-13-22/h9-10,16H,5-8,11-15H2,1-4H3. The quantitative estimate of drug-likeness (QED) is 0.624. The Morgan fingerprint density at radius 1 is 1.14 bits per heavy atom. The van der Waals surface area contributed by atoms with Gasteiger partial charge in [0.05, 0.1) is 23.7 Å². The van der Waals surface area contributed by atoms with Crippen LogP contribution in [0.15, 0.2) is 23.1 Å². The van der Waals surface area contributed by atoms with Crippen LogP contribution < -0.4 is 4.90 Å². The first kappa shape index (κ1) is 22.6. The van der Waals surface area contributed by atoms with Crippen LogP contribution in [0.25, 0.3) is 0 Å². The Bertz CT molecular complexity index is 757. The van der Waals surface area contributed by atoms with Gasteiger partial charge in [0.25, 0.3) is 5.91 Å². The van der Waals surface area contributed by atoms with Gasteiger partial charge in [0, 0.05) is 45.5 Å². The zero-order valence-electron chi connectivity index (χ0n) is 17.5. The normalized spacial score (nSPS) is 15.1. The second kappa shape index (κ2) is 10.2. The highest BCUT2D eigenvalue weighted by molar-refractivity contribution is 7.89. The number of anilines is 1. The minimum Gasteiger partial charge on any atom is -0.378 e. The number of amides is 1. The zero-order valence-corrected chi connectivity index (χ0v) is 18.3. The lowest BCUT2D eigenvalue weighted by Gasteiger charge is -2.31. The molecular weight excluding hydrogens is 378 g/mol. The van der Waals surface area contributed by atoms with Crippen molar-refractivity contribution in [3.63, 3.8) is 0 Å². The lowest BCUT2D eigenvalue weighted by molar-refractivity contribution is 0.0792. The Hall–Kier alpha value is -1.64. The smallest absolute Gasteiger partial charge is 0.255 e. The van der Waals surface area contributed by atoms with Gasteiger partial charge in [-0.25, -0.2) is 8.42 Å². The highest BCUT2D eigenvalue weighted by Gasteiger charge is 2.27. The Morgan fingerprint density at radius 3 is 2.36 bits per heavy atom. The molecule has 0 bridgehead atoms. The lowest BCUT2D eigenvalue weighted by atomic mass is 10.1. The molecular formula is C20H33N3O4S. The maximum atomic E-state index is 13.2. The van der Waals surface area contributed by atoms with Gasteiger partial charge in [-0.15, -0.1) is 0 Å². The monoisotopic (exact) mass is 411 g/mol. The van der Waals surface area contributed by atoms with E-state index in [4.69, 9.17) is 4.74 Å². The van der Waals surface area contributed by atoms with Crippen molar-refractivity contribution in [1.82, 2.24) is 9.21 Å². The first-order valence-corrected chi connectivity index (χ1v) is 11.5. The van der Waals surface area contributed by atoms with E-state index in [2.05, 4.69) is 11.8 Å². The van der Waals surface area contributed by atoms with Gasteiger partial charge in [-0.2, -0.15) is 4.31 Å². The van der Waals surface area contributed by atoms with E-state index in [-0.39, 0.29) is 10.8 Å². The molecule has 1 saturated heterocycles. The zero-order chi connectivity index (χ0) is 20.7.